The van der Waals surface area contributed by atoms with Crippen molar-refractivity contribution in [2.45, 2.75) is 19.5 Å². The lowest BCUT2D eigenvalue weighted by atomic mass is 9.92. The quantitative estimate of drug-likeness (QED) is 0.253. The zero-order chi connectivity index (χ0) is 25.8. The van der Waals surface area contributed by atoms with E-state index in [0.29, 0.717) is 27.1 Å². The molecule has 5 aromatic rings. The molecule has 1 unspecified atom stereocenters. The average Bonchev–Trinajstić information content (AvgIpc) is 3.52. The monoisotopic (exact) mass is 514 g/mol. The van der Waals surface area contributed by atoms with Gasteiger partial charge in [-0.05, 0) is 55.0 Å². The number of fused-ring (bicyclic) bond motifs is 2. The number of hydrogen-bond acceptors (Lipinski definition) is 4. The summed E-state index contributed by atoms with van der Waals surface area (Å²) >= 11 is 6.09. The predicted octanol–water partition coefficient (Wildman–Crippen LogP) is 6.79. The number of benzene rings is 3. The van der Waals surface area contributed by atoms with Crippen molar-refractivity contribution >= 4 is 45.2 Å². The number of furan rings is 1. The fraction of sp³-hybridized carbons (Fsp3) is 0.103. The maximum atomic E-state index is 13.9. The predicted molar refractivity (Wildman–Crippen MR) is 138 cm³/mol. The number of aliphatic hydroxyl groups excluding tert-OH is 1. The van der Waals surface area contributed by atoms with Crippen molar-refractivity contribution in [1.29, 1.82) is 0 Å². The third-order valence-electron chi connectivity index (χ3n) is 6.73. The number of aliphatic hydroxyl groups is 1. The number of carbonyl (C=O) groups is 2. The van der Waals surface area contributed by atoms with Crippen molar-refractivity contribution < 1.29 is 23.5 Å². The summed E-state index contributed by atoms with van der Waals surface area (Å²) in [5, 5.41) is 13.0. The van der Waals surface area contributed by atoms with Gasteiger partial charge in [0.2, 0.25) is 5.78 Å². The highest BCUT2D eigenvalue weighted by molar-refractivity contribution is 6.31. The van der Waals surface area contributed by atoms with Crippen molar-refractivity contribution in [3.63, 3.8) is 0 Å². The Morgan fingerprint density at radius 3 is 2.65 bits per heavy atom. The van der Waals surface area contributed by atoms with Gasteiger partial charge in [0.1, 0.15) is 11.4 Å². The fourth-order valence-electron chi connectivity index (χ4n) is 5.04. The Balaban J connectivity index is 1.51. The van der Waals surface area contributed by atoms with Crippen molar-refractivity contribution in [2.75, 3.05) is 0 Å². The normalized spacial score (nSPS) is 15.9. The Kier molecular flexibility index (Phi) is 5.38. The van der Waals surface area contributed by atoms with E-state index in [9.17, 15) is 19.1 Å². The molecular weight excluding hydrogens is 495 g/mol. The van der Waals surface area contributed by atoms with Crippen LogP contribution >= 0.6 is 11.6 Å². The molecule has 6 nitrogen and oxygen atoms in total. The molecule has 3 aromatic carbocycles. The number of hydrogen-bond donors (Lipinski definition) is 2. The summed E-state index contributed by atoms with van der Waals surface area (Å²) < 4.78 is 19.3. The lowest BCUT2D eigenvalue weighted by Gasteiger charge is -2.27. The first-order chi connectivity index (χ1) is 17.8. The largest absolute Gasteiger partial charge is 0.503 e. The molecular formula is C29H20ClFN2O4. The van der Waals surface area contributed by atoms with Crippen LogP contribution in [0.3, 0.4) is 0 Å². The second kappa shape index (κ2) is 8.64. The number of nitrogens with zero attached hydrogens (tertiary/aromatic N) is 1. The average molecular weight is 515 g/mol. The highest BCUT2D eigenvalue weighted by atomic mass is 35.5. The zero-order valence-corrected chi connectivity index (χ0v) is 20.3. The van der Waals surface area contributed by atoms with Gasteiger partial charge in [0.25, 0.3) is 5.91 Å². The molecule has 0 saturated heterocycles. The Morgan fingerprint density at radius 1 is 1.11 bits per heavy atom. The maximum absolute atomic E-state index is 13.9. The van der Waals surface area contributed by atoms with E-state index in [1.54, 1.807) is 36.4 Å². The van der Waals surface area contributed by atoms with Crippen LogP contribution in [0.5, 0.6) is 0 Å². The molecule has 8 heteroatoms. The van der Waals surface area contributed by atoms with Crippen LogP contribution in [0.4, 0.5) is 4.39 Å². The number of nitrogens with one attached hydrogen (secondary N) is 1. The molecule has 2 aromatic heterocycles. The molecule has 2 N–H and O–H groups in total. The van der Waals surface area contributed by atoms with Gasteiger partial charge in [-0.25, -0.2) is 4.39 Å². The summed E-state index contributed by atoms with van der Waals surface area (Å²) in [6.45, 7) is 1.91. The molecule has 0 bridgehead atoms. The van der Waals surface area contributed by atoms with Crippen LogP contribution < -0.4 is 0 Å². The van der Waals surface area contributed by atoms with E-state index in [1.165, 1.54) is 17.0 Å². The minimum Gasteiger partial charge on any atom is -0.503 e. The van der Waals surface area contributed by atoms with Gasteiger partial charge < -0.3 is 19.4 Å². The van der Waals surface area contributed by atoms with Crippen molar-refractivity contribution in [3.8, 4) is 0 Å². The minimum absolute atomic E-state index is 0.0160. The van der Waals surface area contributed by atoms with Gasteiger partial charge >= 0.3 is 0 Å². The number of para-hydroxylation sites is 1. The SMILES string of the molecule is Cc1[nH]c2ccccc2c1C1C(C(=O)c2cc3cc(Cl)ccc3o2)=C(O)C(=O)N1Cc1ccc(F)cc1. The van der Waals surface area contributed by atoms with Crippen LogP contribution in [0, 0.1) is 12.7 Å². The maximum Gasteiger partial charge on any atom is 0.290 e. The van der Waals surface area contributed by atoms with Crippen molar-refractivity contribution in [3.05, 3.63) is 118 Å². The molecule has 0 spiro atoms. The van der Waals surface area contributed by atoms with E-state index in [0.717, 1.165) is 16.6 Å². The van der Waals surface area contributed by atoms with Crippen LogP contribution in [0.2, 0.25) is 5.02 Å². The Labute approximate surface area is 215 Å². The first-order valence-electron chi connectivity index (χ1n) is 11.6. The van der Waals surface area contributed by atoms with Gasteiger partial charge in [-0.2, -0.15) is 0 Å². The van der Waals surface area contributed by atoms with E-state index >= 15 is 0 Å². The summed E-state index contributed by atoms with van der Waals surface area (Å²) in [6, 6.07) is 18.9. The zero-order valence-electron chi connectivity index (χ0n) is 19.6. The third kappa shape index (κ3) is 3.79. The van der Waals surface area contributed by atoms with Gasteiger partial charge in [-0.15, -0.1) is 0 Å². The van der Waals surface area contributed by atoms with Crippen molar-refractivity contribution in [2.24, 2.45) is 0 Å². The van der Waals surface area contributed by atoms with E-state index in [1.807, 2.05) is 31.2 Å². The van der Waals surface area contributed by atoms with Gasteiger partial charge in [0.05, 0.1) is 11.6 Å². The number of aromatic nitrogens is 1. The number of amides is 1. The van der Waals surface area contributed by atoms with E-state index in [-0.39, 0.29) is 17.9 Å². The number of H-pyrrole nitrogens is 1. The minimum atomic E-state index is -0.905. The van der Waals surface area contributed by atoms with E-state index in [4.69, 9.17) is 16.0 Å². The Morgan fingerprint density at radius 2 is 1.86 bits per heavy atom. The second-order valence-electron chi connectivity index (χ2n) is 9.06. The first-order valence-corrected chi connectivity index (χ1v) is 12.0. The number of Topliss-reactive ketones (excluding diaryl/α,β-unsaturated/α-hetero) is 1. The van der Waals surface area contributed by atoms with Gasteiger partial charge in [0.15, 0.2) is 11.5 Å². The van der Waals surface area contributed by atoms with Crippen LogP contribution in [0.15, 0.2) is 88.5 Å². The molecule has 184 valence electrons. The van der Waals surface area contributed by atoms with Gasteiger partial charge in [-0.1, -0.05) is 41.9 Å². The van der Waals surface area contributed by atoms with Crippen LogP contribution in [0.1, 0.15) is 33.4 Å². The second-order valence-corrected chi connectivity index (χ2v) is 9.49. The molecule has 0 aliphatic carbocycles. The van der Waals surface area contributed by atoms with Crippen LogP contribution in [-0.2, 0) is 11.3 Å². The molecule has 1 aliphatic heterocycles. The third-order valence-corrected chi connectivity index (χ3v) is 6.97. The standard InChI is InChI=1S/C29H20ClFN2O4/c1-15-24(20-4-2-3-5-21(20)32-15)26-25(27(34)23-13-17-12-18(30)8-11-22(17)37-23)28(35)29(36)33(26)14-16-6-9-19(31)10-7-16/h2-13,26,32,35H,14H2,1H3. The summed E-state index contributed by atoms with van der Waals surface area (Å²) in [7, 11) is 0. The number of halogens is 2. The molecule has 6 rings (SSSR count). The lowest BCUT2D eigenvalue weighted by molar-refractivity contribution is -0.130. The summed E-state index contributed by atoms with van der Waals surface area (Å²) in [5.74, 6) is -2.35. The van der Waals surface area contributed by atoms with Gasteiger partial charge in [-0.3, -0.25) is 9.59 Å². The first kappa shape index (κ1) is 23.1. The number of rotatable bonds is 5. The number of aryl methyl sites for hydroxylation is 1. The van der Waals surface area contributed by atoms with Crippen LogP contribution in [0.25, 0.3) is 21.9 Å². The molecule has 1 aliphatic rings. The summed E-state index contributed by atoms with van der Waals surface area (Å²) in [6.07, 6.45) is 0. The molecule has 1 amide bonds. The Bertz CT molecular complexity index is 1750. The van der Waals surface area contributed by atoms with Crippen molar-refractivity contribution in [1.82, 2.24) is 9.88 Å². The molecule has 0 saturated carbocycles. The smallest absolute Gasteiger partial charge is 0.290 e. The molecule has 1 atom stereocenters. The molecule has 37 heavy (non-hydrogen) atoms. The number of carbonyl (C=O) groups excluding carboxylic acids is 2. The molecule has 0 radical (unpaired) electrons. The fourth-order valence-corrected chi connectivity index (χ4v) is 5.23. The topological polar surface area (TPSA) is 86.5 Å². The Hall–Kier alpha value is -4.36. The summed E-state index contributed by atoms with van der Waals surface area (Å²) in [5.41, 5.74) is 3.31. The molecule has 0 fully saturated rings. The lowest BCUT2D eigenvalue weighted by Crippen LogP contribution is -2.31. The summed E-state index contributed by atoms with van der Waals surface area (Å²) in [4.78, 5) is 32.0. The highest BCUT2D eigenvalue weighted by Crippen LogP contribution is 2.44. The number of ketones is 1. The van der Waals surface area contributed by atoms with E-state index < -0.39 is 29.3 Å². The van der Waals surface area contributed by atoms with Gasteiger partial charge in [0, 0.05) is 39.1 Å². The van der Waals surface area contributed by atoms with E-state index in [2.05, 4.69) is 4.98 Å². The molecule has 3 heterocycles. The highest BCUT2D eigenvalue weighted by Gasteiger charge is 2.46. The number of aromatic amines is 1. The van der Waals surface area contributed by atoms with Crippen LogP contribution in [-0.4, -0.2) is 26.7 Å².